The number of nitro benzene ring substituents is 1. The molecule has 98 valence electrons. The Bertz CT molecular complexity index is 599. The zero-order valence-electron chi connectivity index (χ0n) is 10.2. The molecule has 0 saturated heterocycles. The van der Waals surface area contributed by atoms with Crippen LogP contribution in [0.5, 0.6) is 5.75 Å². The maximum Gasteiger partial charge on any atom is 0.311 e. The van der Waals surface area contributed by atoms with E-state index in [0.717, 1.165) is 11.1 Å². The van der Waals surface area contributed by atoms with Crippen molar-refractivity contribution >= 4 is 17.3 Å². The van der Waals surface area contributed by atoms with Crippen LogP contribution in [0.1, 0.15) is 11.1 Å². The summed E-state index contributed by atoms with van der Waals surface area (Å²) in [6, 6.07) is 8.24. The van der Waals surface area contributed by atoms with Crippen LogP contribution in [0, 0.1) is 17.0 Å². The van der Waals surface area contributed by atoms with E-state index in [1.807, 2.05) is 0 Å². The Balaban J connectivity index is 2.15. The van der Waals surface area contributed by atoms with Crippen molar-refractivity contribution in [2.45, 2.75) is 13.5 Å². The Hall–Kier alpha value is -2.14. The number of hydrogen-bond acceptors (Lipinski definition) is 4. The van der Waals surface area contributed by atoms with Gasteiger partial charge in [-0.1, -0.05) is 23.7 Å². The SMILES string of the molecule is Cc1ccc(OCc2ccc(Cl)nc2)c([N+](=O)[O-])c1. The van der Waals surface area contributed by atoms with Gasteiger partial charge in [-0.05, 0) is 24.6 Å². The third-order valence-electron chi connectivity index (χ3n) is 2.49. The molecular weight excluding hydrogens is 268 g/mol. The molecule has 2 rings (SSSR count). The standard InChI is InChI=1S/C13H11ClN2O3/c1-9-2-4-12(11(6-9)16(17)18)19-8-10-3-5-13(14)15-7-10/h2-7H,8H2,1H3. The molecule has 0 saturated carbocycles. The van der Waals surface area contributed by atoms with Crippen LogP contribution < -0.4 is 4.74 Å². The zero-order chi connectivity index (χ0) is 13.8. The molecule has 1 aromatic carbocycles. The average Bonchev–Trinajstić information content (AvgIpc) is 2.39. The summed E-state index contributed by atoms with van der Waals surface area (Å²) < 4.78 is 5.45. The monoisotopic (exact) mass is 278 g/mol. The summed E-state index contributed by atoms with van der Waals surface area (Å²) in [4.78, 5) is 14.4. The highest BCUT2D eigenvalue weighted by molar-refractivity contribution is 6.29. The summed E-state index contributed by atoms with van der Waals surface area (Å²) in [5, 5.41) is 11.3. The Morgan fingerprint density at radius 2 is 2.16 bits per heavy atom. The van der Waals surface area contributed by atoms with Gasteiger partial charge in [0, 0.05) is 17.8 Å². The lowest BCUT2D eigenvalue weighted by molar-refractivity contribution is -0.386. The zero-order valence-corrected chi connectivity index (χ0v) is 10.9. The number of hydrogen-bond donors (Lipinski definition) is 0. The normalized spacial score (nSPS) is 10.2. The lowest BCUT2D eigenvalue weighted by atomic mass is 10.2. The van der Waals surface area contributed by atoms with Gasteiger partial charge in [0.05, 0.1) is 4.92 Å². The quantitative estimate of drug-likeness (QED) is 0.487. The number of nitrogens with zero attached hydrogens (tertiary/aromatic N) is 2. The molecule has 1 aromatic heterocycles. The summed E-state index contributed by atoms with van der Waals surface area (Å²) in [7, 11) is 0. The van der Waals surface area contributed by atoms with Crippen LogP contribution in [0.15, 0.2) is 36.5 Å². The first-order valence-electron chi connectivity index (χ1n) is 5.54. The predicted octanol–water partition coefficient (Wildman–Crippen LogP) is 3.53. The lowest BCUT2D eigenvalue weighted by Gasteiger charge is -2.07. The molecule has 1 heterocycles. The number of rotatable bonds is 4. The molecule has 19 heavy (non-hydrogen) atoms. The van der Waals surface area contributed by atoms with Crippen LogP contribution in [-0.2, 0) is 6.61 Å². The van der Waals surface area contributed by atoms with Crippen molar-refractivity contribution in [2.24, 2.45) is 0 Å². The van der Waals surface area contributed by atoms with Gasteiger partial charge in [-0.25, -0.2) is 4.98 Å². The molecular formula is C13H11ClN2O3. The minimum absolute atomic E-state index is 0.0399. The van der Waals surface area contributed by atoms with E-state index < -0.39 is 4.92 Å². The minimum atomic E-state index is -0.456. The molecule has 0 amide bonds. The number of ether oxygens (including phenoxy) is 1. The fraction of sp³-hybridized carbons (Fsp3) is 0.154. The van der Waals surface area contributed by atoms with E-state index in [0.29, 0.717) is 5.15 Å². The number of benzene rings is 1. The summed E-state index contributed by atoms with van der Waals surface area (Å²) in [5.41, 5.74) is 1.56. The molecule has 6 heteroatoms. The van der Waals surface area contributed by atoms with Gasteiger partial charge in [0.25, 0.3) is 0 Å². The number of aromatic nitrogens is 1. The van der Waals surface area contributed by atoms with E-state index >= 15 is 0 Å². The second-order valence-corrected chi connectivity index (χ2v) is 4.39. The second-order valence-electron chi connectivity index (χ2n) is 4.01. The molecule has 0 atom stereocenters. The molecule has 0 aliphatic rings. The second kappa shape index (κ2) is 5.67. The molecule has 2 aromatic rings. The Labute approximate surface area is 115 Å². The average molecular weight is 279 g/mol. The summed E-state index contributed by atoms with van der Waals surface area (Å²) >= 11 is 5.67. The minimum Gasteiger partial charge on any atom is -0.482 e. The van der Waals surface area contributed by atoms with Gasteiger partial charge >= 0.3 is 5.69 Å². The van der Waals surface area contributed by atoms with E-state index in [2.05, 4.69) is 4.98 Å². The van der Waals surface area contributed by atoms with Gasteiger partial charge in [-0.2, -0.15) is 0 Å². The van der Waals surface area contributed by atoms with Crippen LogP contribution in [-0.4, -0.2) is 9.91 Å². The van der Waals surface area contributed by atoms with Gasteiger partial charge < -0.3 is 4.74 Å². The topological polar surface area (TPSA) is 65.3 Å². The van der Waals surface area contributed by atoms with E-state index in [1.54, 1.807) is 37.4 Å². The van der Waals surface area contributed by atoms with Crippen molar-refractivity contribution < 1.29 is 9.66 Å². The van der Waals surface area contributed by atoms with Crippen LogP contribution in [0.2, 0.25) is 5.15 Å². The van der Waals surface area contributed by atoms with E-state index in [4.69, 9.17) is 16.3 Å². The van der Waals surface area contributed by atoms with Crippen molar-refractivity contribution in [3.8, 4) is 5.75 Å². The molecule has 0 unspecified atom stereocenters. The van der Waals surface area contributed by atoms with Gasteiger partial charge in [-0.15, -0.1) is 0 Å². The summed E-state index contributed by atoms with van der Waals surface area (Å²) in [6.07, 6.45) is 1.57. The fourth-order valence-corrected chi connectivity index (χ4v) is 1.66. The van der Waals surface area contributed by atoms with E-state index in [9.17, 15) is 10.1 Å². The van der Waals surface area contributed by atoms with Crippen molar-refractivity contribution in [2.75, 3.05) is 0 Å². The highest BCUT2D eigenvalue weighted by atomic mass is 35.5. The van der Waals surface area contributed by atoms with Crippen molar-refractivity contribution in [3.63, 3.8) is 0 Å². The molecule has 0 aliphatic carbocycles. The lowest BCUT2D eigenvalue weighted by Crippen LogP contribution is -1.99. The number of pyridine rings is 1. The first kappa shape index (κ1) is 13.3. The Morgan fingerprint density at radius 1 is 1.37 bits per heavy atom. The molecule has 0 fully saturated rings. The van der Waals surface area contributed by atoms with Crippen LogP contribution in [0.3, 0.4) is 0 Å². The Kier molecular flexibility index (Phi) is 3.97. The molecule has 0 aliphatic heterocycles. The van der Waals surface area contributed by atoms with E-state index in [1.165, 1.54) is 6.07 Å². The number of halogens is 1. The number of aryl methyl sites for hydroxylation is 1. The van der Waals surface area contributed by atoms with Crippen molar-refractivity contribution in [3.05, 3.63) is 62.9 Å². The molecule has 0 spiro atoms. The van der Waals surface area contributed by atoms with Gasteiger partial charge in [0.1, 0.15) is 11.8 Å². The highest BCUT2D eigenvalue weighted by Gasteiger charge is 2.15. The van der Waals surface area contributed by atoms with Gasteiger partial charge in [-0.3, -0.25) is 10.1 Å². The maximum absolute atomic E-state index is 10.9. The highest BCUT2D eigenvalue weighted by Crippen LogP contribution is 2.28. The third-order valence-corrected chi connectivity index (χ3v) is 2.72. The van der Waals surface area contributed by atoms with E-state index in [-0.39, 0.29) is 18.0 Å². The summed E-state index contributed by atoms with van der Waals surface area (Å²) in [6.45, 7) is 1.99. The molecule has 5 nitrogen and oxygen atoms in total. The maximum atomic E-state index is 10.9. The predicted molar refractivity (Wildman–Crippen MR) is 71.4 cm³/mol. The van der Waals surface area contributed by atoms with Crippen LogP contribution >= 0.6 is 11.6 Å². The van der Waals surface area contributed by atoms with Gasteiger partial charge in [0.15, 0.2) is 5.75 Å². The molecule has 0 radical (unpaired) electrons. The summed E-state index contributed by atoms with van der Waals surface area (Å²) in [5.74, 6) is 0.241. The van der Waals surface area contributed by atoms with Crippen LogP contribution in [0.25, 0.3) is 0 Å². The largest absolute Gasteiger partial charge is 0.482 e. The molecule has 0 N–H and O–H groups in total. The van der Waals surface area contributed by atoms with Crippen molar-refractivity contribution in [1.82, 2.24) is 4.98 Å². The smallest absolute Gasteiger partial charge is 0.311 e. The third kappa shape index (κ3) is 3.42. The van der Waals surface area contributed by atoms with Crippen LogP contribution in [0.4, 0.5) is 5.69 Å². The molecule has 0 bridgehead atoms. The fourth-order valence-electron chi connectivity index (χ4n) is 1.55. The van der Waals surface area contributed by atoms with Crippen molar-refractivity contribution in [1.29, 1.82) is 0 Å². The first-order valence-corrected chi connectivity index (χ1v) is 5.92. The first-order chi connectivity index (χ1) is 9.06. The van der Waals surface area contributed by atoms with Gasteiger partial charge in [0.2, 0.25) is 0 Å². The number of nitro groups is 1. The Morgan fingerprint density at radius 3 is 2.79 bits per heavy atom.